The molecule has 0 radical (unpaired) electrons. The van der Waals surface area contributed by atoms with Crippen molar-refractivity contribution in [2.75, 3.05) is 7.11 Å². The Morgan fingerprint density at radius 1 is 1.24 bits per heavy atom. The lowest BCUT2D eigenvalue weighted by Gasteiger charge is -1.99. The number of nitrogens with zero attached hydrogens (tertiary/aromatic N) is 1. The molecule has 0 aliphatic rings. The predicted molar refractivity (Wildman–Crippen MR) is 78.2 cm³/mol. The summed E-state index contributed by atoms with van der Waals surface area (Å²) in [7, 11) is 1.56. The molecule has 0 bridgehead atoms. The molecule has 0 spiro atoms. The van der Waals surface area contributed by atoms with Gasteiger partial charge in [0.25, 0.3) is 0 Å². The van der Waals surface area contributed by atoms with Crippen LogP contribution in [-0.2, 0) is 22.7 Å². The van der Waals surface area contributed by atoms with E-state index >= 15 is 0 Å². The number of methoxy groups -OCH3 is 1. The van der Waals surface area contributed by atoms with Gasteiger partial charge in [-0.05, 0) is 24.3 Å². The van der Waals surface area contributed by atoms with Crippen LogP contribution in [0.5, 0.6) is 0 Å². The van der Waals surface area contributed by atoms with E-state index in [9.17, 15) is 4.79 Å². The second kappa shape index (κ2) is 6.07. The zero-order valence-corrected chi connectivity index (χ0v) is 12.2. The van der Waals surface area contributed by atoms with Gasteiger partial charge in [0, 0.05) is 7.11 Å². The monoisotopic (exact) mass is 303 g/mol. The lowest BCUT2D eigenvalue weighted by Crippen LogP contribution is -2.03. The standard InChI is InChI=1S/C15H13NO4S/c1-18-8-10-6-7-12(20-10)15(17)19-9-14-16-11-4-2-3-5-13(11)21-14/h2-7H,8-9H2,1H3. The third kappa shape index (κ3) is 3.12. The minimum absolute atomic E-state index is 0.137. The number of hydrogen-bond donors (Lipinski definition) is 0. The van der Waals surface area contributed by atoms with Gasteiger partial charge in [-0.25, -0.2) is 9.78 Å². The lowest BCUT2D eigenvalue weighted by molar-refractivity contribution is 0.0429. The number of para-hydroxylation sites is 1. The van der Waals surface area contributed by atoms with Crippen LogP contribution < -0.4 is 0 Å². The minimum Gasteiger partial charge on any atom is -0.452 e. The number of hydrogen-bond acceptors (Lipinski definition) is 6. The highest BCUT2D eigenvalue weighted by Crippen LogP contribution is 2.22. The second-order valence-electron chi connectivity index (χ2n) is 4.35. The molecule has 0 saturated heterocycles. The van der Waals surface area contributed by atoms with Gasteiger partial charge in [-0.3, -0.25) is 0 Å². The van der Waals surface area contributed by atoms with Gasteiger partial charge in [0.15, 0.2) is 0 Å². The summed E-state index contributed by atoms with van der Waals surface area (Å²) < 4.78 is 16.5. The molecule has 21 heavy (non-hydrogen) atoms. The third-order valence-corrected chi connectivity index (χ3v) is 3.82. The van der Waals surface area contributed by atoms with Crippen LogP contribution in [0.3, 0.4) is 0 Å². The van der Waals surface area contributed by atoms with Crippen molar-refractivity contribution in [1.82, 2.24) is 4.98 Å². The number of carbonyl (C=O) groups excluding carboxylic acids is 1. The Labute approximate surface area is 125 Å². The molecule has 0 fully saturated rings. The highest BCUT2D eigenvalue weighted by molar-refractivity contribution is 7.18. The van der Waals surface area contributed by atoms with Crippen molar-refractivity contribution in [1.29, 1.82) is 0 Å². The fourth-order valence-corrected chi connectivity index (χ4v) is 2.77. The van der Waals surface area contributed by atoms with Crippen molar-refractivity contribution >= 4 is 27.5 Å². The SMILES string of the molecule is COCc1ccc(C(=O)OCc2nc3ccccc3s2)o1. The van der Waals surface area contributed by atoms with E-state index in [1.165, 1.54) is 11.3 Å². The average molecular weight is 303 g/mol. The Balaban J connectivity index is 1.64. The maximum absolute atomic E-state index is 11.9. The van der Waals surface area contributed by atoms with Crippen LogP contribution in [-0.4, -0.2) is 18.1 Å². The molecule has 0 amide bonds. The molecule has 0 atom stereocenters. The Morgan fingerprint density at radius 2 is 2.10 bits per heavy atom. The first kappa shape index (κ1) is 13.8. The molecule has 108 valence electrons. The van der Waals surface area contributed by atoms with Gasteiger partial charge < -0.3 is 13.9 Å². The number of esters is 1. The first-order valence-corrected chi connectivity index (χ1v) is 7.17. The Bertz CT molecular complexity index is 729. The van der Waals surface area contributed by atoms with Crippen LogP contribution in [0.4, 0.5) is 0 Å². The molecule has 0 saturated carbocycles. The molecule has 0 N–H and O–H groups in total. The van der Waals surface area contributed by atoms with Gasteiger partial charge in [-0.1, -0.05) is 12.1 Å². The molecule has 5 nitrogen and oxygen atoms in total. The molecule has 0 aliphatic heterocycles. The molecule has 1 aromatic carbocycles. The smallest absolute Gasteiger partial charge is 0.374 e. The molecule has 3 rings (SSSR count). The molecule has 0 unspecified atom stereocenters. The highest BCUT2D eigenvalue weighted by Gasteiger charge is 2.14. The van der Waals surface area contributed by atoms with Gasteiger partial charge in [0.05, 0.1) is 10.2 Å². The number of furan rings is 1. The van der Waals surface area contributed by atoms with E-state index in [0.29, 0.717) is 12.4 Å². The summed E-state index contributed by atoms with van der Waals surface area (Å²) in [5.41, 5.74) is 0.911. The fraction of sp³-hybridized carbons (Fsp3) is 0.200. The van der Waals surface area contributed by atoms with E-state index in [-0.39, 0.29) is 12.4 Å². The lowest BCUT2D eigenvalue weighted by atomic mass is 10.3. The average Bonchev–Trinajstić information content (AvgIpc) is 3.11. The highest BCUT2D eigenvalue weighted by atomic mass is 32.1. The van der Waals surface area contributed by atoms with Gasteiger partial charge in [-0.2, -0.15) is 0 Å². The summed E-state index contributed by atoms with van der Waals surface area (Å²) in [6.45, 7) is 0.462. The normalized spacial score (nSPS) is 10.9. The zero-order valence-electron chi connectivity index (χ0n) is 11.4. The summed E-state index contributed by atoms with van der Waals surface area (Å²) >= 11 is 1.51. The van der Waals surface area contributed by atoms with Crippen molar-refractivity contribution in [3.05, 3.63) is 52.9 Å². The number of ether oxygens (including phenoxy) is 2. The number of carbonyl (C=O) groups is 1. The van der Waals surface area contributed by atoms with E-state index in [4.69, 9.17) is 13.9 Å². The van der Waals surface area contributed by atoms with Crippen molar-refractivity contribution in [3.8, 4) is 0 Å². The molecular formula is C15H13NO4S. The maximum atomic E-state index is 11.9. The first-order valence-electron chi connectivity index (χ1n) is 6.35. The second-order valence-corrected chi connectivity index (χ2v) is 5.47. The Morgan fingerprint density at radius 3 is 2.90 bits per heavy atom. The van der Waals surface area contributed by atoms with E-state index in [0.717, 1.165) is 15.2 Å². The first-order chi connectivity index (χ1) is 10.3. The Kier molecular flexibility index (Phi) is 3.98. The number of aromatic nitrogens is 1. The van der Waals surface area contributed by atoms with Crippen molar-refractivity contribution in [2.24, 2.45) is 0 Å². The summed E-state index contributed by atoms with van der Waals surface area (Å²) in [6, 6.07) is 11.1. The molecular weight excluding hydrogens is 290 g/mol. The van der Waals surface area contributed by atoms with Crippen LogP contribution in [0.25, 0.3) is 10.2 Å². The van der Waals surface area contributed by atoms with Crippen LogP contribution in [0, 0.1) is 0 Å². The predicted octanol–water partition coefficient (Wildman–Crippen LogP) is 3.39. The number of fused-ring (bicyclic) bond motifs is 1. The minimum atomic E-state index is -0.503. The number of benzene rings is 1. The van der Waals surface area contributed by atoms with Gasteiger partial charge in [-0.15, -0.1) is 11.3 Å². The Hall–Kier alpha value is -2.18. The van der Waals surface area contributed by atoms with Gasteiger partial charge >= 0.3 is 5.97 Å². The van der Waals surface area contributed by atoms with Crippen molar-refractivity contribution in [2.45, 2.75) is 13.2 Å². The topological polar surface area (TPSA) is 61.6 Å². The van der Waals surface area contributed by atoms with E-state index in [1.807, 2.05) is 24.3 Å². The number of thiazole rings is 1. The molecule has 6 heteroatoms. The van der Waals surface area contributed by atoms with Crippen LogP contribution >= 0.6 is 11.3 Å². The molecule has 2 heterocycles. The van der Waals surface area contributed by atoms with Gasteiger partial charge in [0.2, 0.25) is 5.76 Å². The summed E-state index contributed by atoms with van der Waals surface area (Å²) in [5.74, 6) is 0.254. The maximum Gasteiger partial charge on any atom is 0.374 e. The summed E-state index contributed by atoms with van der Waals surface area (Å²) in [5, 5.41) is 0.758. The van der Waals surface area contributed by atoms with Gasteiger partial charge in [0.1, 0.15) is 24.0 Å². The molecule has 0 aliphatic carbocycles. The number of rotatable bonds is 5. The van der Waals surface area contributed by atoms with Crippen LogP contribution in [0.2, 0.25) is 0 Å². The van der Waals surface area contributed by atoms with Crippen molar-refractivity contribution in [3.63, 3.8) is 0 Å². The van der Waals surface area contributed by atoms with E-state index in [2.05, 4.69) is 4.98 Å². The fourth-order valence-electron chi connectivity index (χ4n) is 1.89. The zero-order chi connectivity index (χ0) is 14.7. The van der Waals surface area contributed by atoms with E-state index in [1.54, 1.807) is 19.2 Å². The van der Waals surface area contributed by atoms with Crippen molar-refractivity contribution < 1.29 is 18.7 Å². The van der Waals surface area contributed by atoms with Crippen LogP contribution in [0.15, 0.2) is 40.8 Å². The van der Waals surface area contributed by atoms with E-state index < -0.39 is 5.97 Å². The molecule has 3 aromatic rings. The quantitative estimate of drug-likeness (QED) is 0.676. The third-order valence-electron chi connectivity index (χ3n) is 2.81. The summed E-state index contributed by atoms with van der Waals surface area (Å²) in [6.07, 6.45) is 0. The molecule has 2 aromatic heterocycles. The summed E-state index contributed by atoms with van der Waals surface area (Å²) in [4.78, 5) is 16.3. The largest absolute Gasteiger partial charge is 0.452 e. The van der Waals surface area contributed by atoms with Crippen LogP contribution in [0.1, 0.15) is 21.3 Å².